The quantitative estimate of drug-likeness (QED) is 0.624. The molecule has 0 saturated heterocycles. The minimum Gasteiger partial charge on any atom is -0.385 e. The highest BCUT2D eigenvalue weighted by atomic mass is 16.5. The van der Waals surface area contributed by atoms with Crippen LogP contribution in [0, 0.1) is 11.3 Å². The van der Waals surface area contributed by atoms with Gasteiger partial charge in [0.05, 0.1) is 6.10 Å². The number of methoxy groups -OCH3 is 1. The van der Waals surface area contributed by atoms with Crippen molar-refractivity contribution in [3.63, 3.8) is 0 Å². The number of carbonyl (C=O) groups excluding carboxylic acids is 1. The Labute approximate surface area is 197 Å². The van der Waals surface area contributed by atoms with Crippen LogP contribution in [0.3, 0.4) is 0 Å². The average Bonchev–Trinajstić information content (AvgIpc) is 3.25. The minimum absolute atomic E-state index is 0.0945. The van der Waals surface area contributed by atoms with Crippen LogP contribution in [-0.4, -0.2) is 37.7 Å². The summed E-state index contributed by atoms with van der Waals surface area (Å²) >= 11 is 0. The number of nitrogens with zero attached hydrogens (tertiary/aromatic N) is 1. The number of aromatic amines is 1. The van der Waals surface area contributed by atoms with E-state index in [0.29, 0.717) is 11.5 Å². The normalized spacial score (nSPS) is 24.8. The van der Waals surface area contributed by atoms with E-state index in [4.69, 9.17) is 4.74 Å². The summed E-state index contributed by atoms with van der Waals surface area (Å²) in [5.74, 6) is 0.313. The van der Waals surface area contributed by atoms with Gasteiger partial charge < -0.3 is 19.9 Å². The fraction of sp³-hybridized carbons (Fsp3) is 0.536. The Morgan fingerprint density at radius 2 is 1.94 bits per heavy atom. The van der Waals surface area contributed by atoms with Crippen molar-refractivity contribution in [2.45, 2.75) is 64.9 Å². The summed E-state index contributed by atoms with van der Waals surface area (Å²) in [5, 5.41) is 4.81. The van der Waals surface area contributed by atoms with Gasteiger partial charge in [-0.3, -0.25) is 4.79 Å². The summed E-state index contributed by atoms with van der Waals surface area (Å²) in [6.45, 7) is 5.61. The van der Waals surface area contributed by atoms with Gasteiger partial charge >= 0.3 is 0 Å². The van der Waals surface area contributed by atoms with Crippen LogP contribution in [0.25, 0.3) is 16.5 Å². The second kappa shape index (κ2) is 8.68. The lowest BCUT2D eigenvalue weighted by atomic mass is 9.74. The SMILES string of the molecule is COC1CCC(C(=O)N(C)c2ccc3cc(C4=CCNC5=C4CCC(C)(C)C5)[nH]c3c2)CC1. The summed E-state index contributed by atoms with van der Waals surface area (Å²) in [5.41, 5.74) is 7.81. The summed E-state index contributed by atoms with van der Waals surface area (Å²) in [7, 11) is 3.68. The van der Waals surface area contributed by atoms with Gasteiger partial charge in [0.2, 0.25) is 5.91 Å². The third-order valence-electron chi connectivity index (χ3n) is 7.99. The number of fused-ring (bicyclic) bond motifs is 1. The first-order chi connectivity index (χ1) is 15.8. The Hall–Kier alpha value is -2.53. The summed E-state index contributed by atoms with van der Waals surface area (Å²) in [6.07, 6.45) is 9.83. The van der Waals surface area contributed by atoms with Crippen molar-refractivity contribution in [2.75, 3.05) is 25.6 Å². The first-order valence-corrected chi connectivity index (χ1v) is 12.4. The number of hydrogen-bond acceptors (Lipinski definition) is 3. The van der Waals surface area contributed by atoms with Gasteiger partial charge in [-0.25, -0.2) is 0 Å². The van der Waals surface area contributed by atoms with Crippen LogP contribution < -0.4 is 10.2 Å². The highest BCUT2D eigenvalue weighted by Crippen LogP contribution is 2.43. The van der Waals surface area contributed by atoms with Gasteiger partial charge in [-0.2, -0.15) is 0 Å². The van der Waals surface area contributed by atoms with E-state index < -0.39 is 0 Å². The maximum absolute atomic E-state index is 13.1. The predicted octanol–water partition coefficient (Wildman–Crippen LogP) is 5.79. The highest BCUT2D eigenvalue weighted by molar-refractivity contribution is 5.97. The molecule has 5 rings (SSSR count). The number of aromatic nitrogens is 1. The molecule has 0 radical (unpaired) electrons. The Morgan fingerprint density at radius 1 is 1.15 bits per heavy atom. The van der Waals surface area contributed by atoms with Crippen LogP contribution >= 0.6 is 0 Å². The molecule has 1 amide bonds. The minimum atomic E-state index is 0.0945. The lowest BCUT2D eigenvalue weighted by Crippen LogP contribution is -2.36. The molecule has 3 aliphatic rings. The Kier molecular flexibility index (Phi) is 5.86. The number of benzene rings is 1. The van der Waals surface area contributed by atoms with E-state index in [-0.39, 0.29) is 11.8 Å². The second-order valence-corrected chi connectivity index (χ2v) is 10.9. The maximum Gasteiger partial charge on any atom is 0.229 e. The van der Waals surface area contributed by atoms with Gasteiger partial charge in [-0.15, -0.1) is 0 Å². The van der Waals surface area contributed by atoms with Gasteiger partial charge in [0, 0.05) is 60.2 Å². The molecule has 176 valence electrons. The fourth-order valence-corrected chi connectivity index (χ4v) is 5.84. The van der Waals surface area contributed by atoms with Crippen LogP contribution in [0.15, 0.2) is 41.6 Å². The molecule has 33 heavy (non-hydrogen) atoms. The van der Waals surface area contributed by atoms with E-state index in [1.165, 1.54) is 34.3 Å². The number of amides is 1. The molecule has 1 aromatic heterocycles. The van der Waals surface area contributed by atoms with E-state index in [2.05, 4.69) is 54.5 Å². The molecule has 2 aliphatic carbocycles. The molecule has 5 heteroatoms. The number of nitrogens with one attached hydrogen (secondary N) is 2. The van der Waals surface area contributed by atoms with Crippen molar-refractivity contribution in [1.29, 1.82) is 0 Å². The molecule has 0 bridgehead atoms. The number of rotatable bonds is 4. The standard InChI is InChI=1S/C28H37N3O2/c1-28(2)13-11-22-23(12-14-29-26(22)17-28)25-15-19-5-8-20(16-24(19)30-25)31(3)27(32)18-6-9-21(33-4)10-7-18/h5,8,12,15-16,18,21,29-30H,6-7,9-11,13-14,17H2,1-4H3. The summed E-state index contributed by atoms with van der Waals surface area (Å²) in [4.78, 5) is 18.6. The molecule has 2 N–H and O–H groups in total. The zero-order chi connectivity index (χ0) is 23.2. The first-order valence-electron chi connectivity index (χ1n) is 12.4. The molecular formula is C28H37N3O2. The molecule has 1 aromatic carbocycles. The zero-order valence-electron chi connectivity index (χ0n) is 20.5. The van der Waals surface area contributed by atoms with Crippen molar-refractivity contribution >= 4 is 28.1 Å². The van der Waals surface area contributed by atoms with Crippen molar-refractivity contribution in [3.8, 4) is 0 Å². The zero-order valence-corrected chi connectivity index (χ0v) is 20.5. The molecule has 2 heterocycles. The Balaban J connectivity index is 1.37. The van der Waals surface area contributed by atoms with Gasteiger partial charge in [0.1, 0.15) is 0 Å². The number of dihydropyridines is 1. The van der Waals surface area contributed by atoms with Crippen molar-refractivity contribution in [3.05, 3.63) is 47.3 Å². The third-order valence-corrected chi connectivity index (χ3v) is 7.99. The van der Waals surface area contributed by atoms with Crippen molar-refractivity contribution in [1.82, 2.24) is 10.3 Å². The van der Waals surface area contributed by atoms with Gasteiger partial charge in [-0.1, -0.05) is 26.0 Å². The monoisotopic (exact) mass is 447 g/mol. The maximum atomic E-state index is 13.1. The lowest BCUT2D eigenvalue weighted by Gasteiger charge is -2.36. The van der Waals surface area contributed by atoms with E-state index in [1.54, 1.807) is 7.11 Å². The summed E-state index contributed by atoms with van der Waals surface area (Å²) in [6, 6.07) is 8.59. The first kappa shape index (κ1) is 22.3. The smallest absolute Gasteiger partial charge is 0.229 e. The van der Waals surface area contributed by atoms with Crippen molar-refractivity contribution < 1.29 is 9.53 Å². The van der Waals surface area contributed by atoms with Crippen LogP contribution in [0.4, 0.5) is 5.69 Å². The molecule has 5 nitrogen and oxygen atoms in total. The van der Waals surface area contributed by atoms with E-state index in [9.17, 15) is 4.79 Å². The van der Waals surface area contributed by atoms with E-state index in [1.807, 2.05) is 11.9 Å². The molecule has 0 unspecified atom stereocenters. The number of allylic oxidation sites excluding steroid dienone is 3. The lowest BCUT2D eigenvalue weighted by molar-refractivity contribution is -0.123. The molecule has 1 saturated carbocycles. The number of H-pyrrole nitrogens is 1. The Morgan fingerprint density at radius 3 is 2.70 bits per heavy atom. The van der Waals surface area contributed by atoms with Crippen LogP contribution in [0.2, 0.25) is 0 Å². The van der Waals surface area contributed by atoms with Crippen LogP contribution in [0.1, 0.15) is 64.5 Å². The highest BCUT2D eigenvalue weighted by Gasteiger charge is 2.31. The van der Waals surface area contributed by atoms with E-state index in [0.717, 1.165) is 56.3 Å². The fourth-order valence-electron chi connectivity index (χ4n) is 5.84. The third kappa shape index (κ3) is 4.35. The van der Waals surface area contributed by atoms with Crippen molar-refractivity contribution in [2.24, 2.45) is 11.3 Å². The number of anilines is 1. The molecule has 1 aliphatic heterocycles. The topological polar surface area (TPSA) is 57.4 Å². The average molecular weight is 448 g/mol. The molecule has 2 aromatic rings. The molecule has 1 fully saturated rings. The molecule has 0 spiro atoms. The number of ether oxygens (including phenoxy) is 1. The van der Waals surface area contributed by atoms with Crippen LogP contribution in [-0.2, 0) is 9.53 Å². The van der Waals surface area contributed by atoms with Gasteiger partial charge in [-0.05, 0) is 74.1 Å². The molecular weight excluding hydrogens is 410 g/mol. The van der Waals surface area contributed by atoms with E-state index >= 15 is 0 Å². The van der Waals surface area contributed by atoms with Gasteiger partial charge in [0.25, 0.3) is 0 Å². The number of carbonyl (C=O) groups is 1. The molecule has 0 atom stereocenters. The van der Waals surface area contributed by atoms with Crippen LogP contribution in [0.5, 0.6) is 0 Å². The van der Waals surface area contributed by atoms with Gasteiger partial charge in [0.15, 0.2) is 0 Å². The summed E-state index contributed by atoms with van der Waals surface area (Å²) < 4.78 is 5.47. The largest absolute Gasteiger partial charge is 0.385 e. The Bertz CT molecular complexity index is 1120. The predicted molar refractivity (Wildman–Crippen MR) is 135 cm³/mol. The second-order valence-electron chi connectivity index (χ2n) is 10.9. The number of hydrogen-bond donors (Lipinski definition) is 2.